The van der Waals surface area contributed by atoms with Crippen LogP contribution in [0.2, 0.25) is 0 Å². The Morgan fingerprint density at radius 2 is 2.06 bits per heavy atom. The average Bonchev–Trinajstić information content (AvgIpc) is 2.28. The molecular formula is C14H20O3. The van der Waals surface area contributed by atoms with Crippen molar-refractivity contribution in [3.05, 3.63) is 35.4 Å². The normalized spacial score (nSPS) is 12.4. The number of hydrogen-bond donors (Lipinski definition) is 2. The number of carboxylic acid groups (broad SMARTS) is 1. The maximum atomic E-state index is 11.2. The number of aliphatic hydroxyl groups excluding tert-OH is 1. The third kappa shape index (κ3) is 4.57. The quantitative estimate of drug-likeness (QED) is 0.716. The smallest absolute Gasteiger partial charge is 0.310 e. The molecule has 0 saturated heterocycles. The van der Waals surface area contributed by atoms with E-state index in [2.05, 4.69) is 0 Å². The molecule has 1 aromatic rings. The minimum atomic E-state index is -0.764. The van der Waals surface area contributed by atoms with Crippen molar-refractivity contribution in [2.24, 2.45) is 0 Å². The van der Waals surface area contributed by atoms with Crippen molar-refractivity contribution < 1.29 is 15.0 Å². The highest BCUT2D eigenvalue weighted by molar-refractivity contribution is 5.76. The molecule has 0 fully saturated rings. The number of aliphatic hydroxyl groups is 1. The zero-order valence-electron chi connectivity index (χ0n) is 10.2. The largest absolute Gasteiger partial charge is 0.481 e. The zero-order chi connectivity index (χ0) is 12.7. The van der Waals surface area contributed by atoms with E-state index in [0.717, 1.165) is 30.4 Å². The lowest BCUT2D eigenvalue weighted by atomic mass is 9.92. The Labute approximate surface area is 102 Å². The first kappa shape index (κ1) is 13.7. The van der Waals surface area contributed by atoms with Gasteiger partial charge in [0, 0.05) is 6.61 Å². The molecule has 0 saturated carbocycles. The number of unbranched alkanes of at least 4 members (excludes halogenated alkanes) is 2. The number of carboxylic acids is 1. The van der Waals surface area contributed by atoms with Gasteiger partial charge >= 0.3 is 5.97 Å². The lowest BCUT2D eigenvalue weighted by Gasteiger charge is -2.13. The fourth-order valence-corrected chi connectivity index (χ4v) is 1.96. The number of rotatable bonds is 7. The fraction of sp³-hybridized carbons (Fsp3) is 0.500. The molecular weight excluding hydrogens is 216 g/mol. The van der Waals surface area contributed by atoms with E-state index in [0.29, 0.717) is 6.42 Å². The summed E-state index contributed by atoms with van der Waals surface area (Å²) in [7, 11) is 0. The van der Waals surface area contributed by atoms with Crippen molar-refractivity contribution in [2.45, 2.75) is 38.5 Å². The van der Waals surface area contributed by atoms with Gasteiger partial charge < -0.3 is 10.2 Å². The summed E-state index contributed by atoms with van der Waals surface area (Å²) < 4.78 is 0. The van der Waals surface area contributed by atoms with Gasteiger partial charge in [-0.1, -0.05) is 42.7 Å². The second kappa shape index (κ2) is 7.07. The Morgan fingerprint density at radius 3 is 2.65 bits per heavy atom. The van der Waals surface area contributed by atoms with Crippen molar-refractivity contribution in [2.75, 3.05) is 6.61 Å². The van der Waals surface area contributed by atoms with E-state index < -0.39 is 11.9 Å². The van der Waals surface area contributed by atoms with E-state index in [1.807, 2.05) is 31.2 Å². The van der Waals surface area contributed by atoms with Gasteiger partial charge in [0.25, 0.3) is 0 Å². The first-order chi connectivity index (χ1) is 8.15. The van der Waals surface area contributed by atoms with Crippen LogP contribution in [0.4, 0.5) is 0 Å². The van der Waals surface area contributed by atoms with Crippen LogP contribution in [0.1, 0.15) is 42.7 Å². The van der Waals surface area contributed by atoms with Crippen molar-refractivity contribution in [1.29, 1.82) is 0 Å². The van der Waals surface area contributed by atoms with E-state index in [9.17, 15) is 9.90 Å². The molecule has 0 amide bonds. The standard InChI is InChI=1S/C14H20O3/c1-11-6-5-7-12(10-11)13(14(16)17)8-3-2-4-9-15/h5-7,10,13,15H,2-4,8-9H2,1H3,(H,16,17). The van der Waals surface area contributed by atoms with Gasteiger partial charge in [-0.3, -0.25) is 4.79 Å². The molecule has 0 bridgehead atoms. The van der Waals surface area contributed by atoms with Crippen LogP contribution in [0, 0.1) is 6.92 Å². The van der Waals surface area contributed by atoms with Gasteiger partial charge in [-0.15, -0.1) is 0 Å². The van der Waals surface area contributed by atoms with Crippen LogP contribution in [0.25, 0.3) is 0 Å². The van der Waals surface area contributed by atoms with Crippen molar-refractivity contribution in [3.63, 3.8) is 0 Å². The van der Waals surface area contributed by atoms with Gasteiger partial charge in [0.15, 0.2) is 0 Å². The molecule has 0 aliphatic rings. The summed E-state index contributed by atoms with van der Waals surface area (Å²) in [6, 6.07) is 7.67. The summed E-state index contributed by atoms with van der Waals surface area (Å²) in [5.74, 6) is -1.19. The minimum Gasteiger partial charge on any atom is -0.481 e. The molecule has 1 atom stereocenters. The summed E-state index contributed by atoms with van der Waals surface area (Å²) in [5.41, 5.74) is 1.96. The number of carbonyl (C=O) groups is 1. The average molecular weight is 236 g/mol. The Bertz CT molecular complexity index is 360. The van der Waals surface area contributed by atoms with Gasteiger partial charge in [0.2, 0.25) is 0 Å². The van der Waals surface area contributed by atoms with E-state index in [4.69, 9.17) is 5.11 Å². The predicted molar refractivity (Wildman–Crippen MR) is 67.1 cm³/mol. The lowest BCUT2D eigenvalue weighted by molar-refractivity contribution is -0.139. The molecule has 0 aliphatic carbocycles. The lowest BCUT2D eigenvalue weighted by Crippen LogP contribution is -2.11. The van der Waals surface area contributed by atoms with Gasteiger partial charge in [-0.25, -0.2) is 0 Å². The van der Waals surface area contributed by atoms with E-state index in [1.165, 1.54) is 0 Å². The Kier molecular flexibility index (Phi) is 5.70. The highest BCUT2D eigenvalue weighted by Gasteiger charge is 2.18. The van der Waals surface area contributed by atoms with E-state index >= 15 is 0 Å². The van der Waals surface area contributed by atoms with Gasteiger partial charge in [-0.2, -0.15) is 0 Å². The van der Waals surface area contributed by atoms with E-state index in [1.54, 1.807) is 0 Å². The Hall–Kier alpha value is -1.35. The van der Waals surface area contributed by atoms with Gasteiger partial charge in [0.05, 0.1) is 5.92 Å². The summed E-state index contributed by atoms with van der Waals surface area (Å²) in [5, 5.41) is 17.9. The fourth-order valence-electron chi connectivity index (χ4n) is 1.96. The first-order valence-electron chi connectivity index (χ1n) is 6.05. The number of hydrogen-bond acceptors (Lipinski definition) is 2. The van der Waals surface area contributed by atoms with Crippen molar-refractivity contribution in [3.8, 4) is 0 Å². The SMILES string of the molecule is Cc1cccc(C(CCCCCO)C(=O)O)c1. The number of aliphatic carboxylic acids is 1. The molecule has 1 rings (SSSR count). The molecule has 0 aromatic heterocycles. The third-order valence-electron chi connectivity index (χ3n) is 2.89. The number of aryl methyl sites for hydroxylation is 1. The van der Waals surface area contributed by atoms with Crippen LogP contribution in [0.15, 0.2) is 24.3 Å². The monoisotopic (exact) mass is 236 g/mol. The molecule has 0 heterocycles. The molecule has 0 radical (unpaired) electrons. The van der Waals surface area contributed by atoms with E-state index in [-0.39, 0.29) is 6.61 Å². The van der Waals surface area contributed by atoms with Gasteiger partial charge in [-0.05, 0) is 25.3 Å². The van der Waals surface area contributed by atoms with Gasteiger partial charge in [0.1, 0.15) is 0 Å². The summed E-state index contributed by atoms with van der Waals surface area (Å²) in [6.45, 7) is 2.15. The van der Waals surface area contributed by atoms with Crippen LogP contribution in [-0.2, 0) is 4.79 Å². The molecule has 1 unspecified atom stereocenters. The first-order valence-corrected chi connectivity index (χ1v) is 6.05. The molecule has 0 spiro atoms. The highest BCUT2D eigenvalue weighted by atomic mass is 16.4. The van der Waals surface area contributed by atoms with Crippen molar-refractivity contribution in [1.82, 2.24) is 0 Å². The molecule has 0 aliphatic heterocycles. The predicted octanol–water partition coefficient (Wildman–Crippen LogP) is 2.72. The van der Waals surface area contributed by atoms with Crippen LogP contribution in [0.5, 0.6) is 0 Å². The molecule has 17 heavy (non-hydrogen) atoms. The second-order valence-corrected chi connectivity index (χ2v) is 4.38. The van der Waals surface area contributed by atoms with Crippen molar-refractivity contribution >= 4 is 5.97 Å². The van der Waals surface area contributed by atoms with Crippen LogP contribution >= 0.6 is 0 Å². The zero-order valence-corrected chi connectivity index (χ0v) is 10.2. The summed E-state index contributed by atoms with van der Waals surface area (Å²) >= 11 is 0. The molecule has 1 aromatic carbocycles. The summed E-state index contributed by atoms with van der Waals surface area (Å²) in [6.07, 6.45) is 3.11. The summed E-state index contributed by atoms with van der Waals surface area (Å²) in [4.78, 5) is 11.2. The molecule has 94 valence electrons. The maximum absolute atomic E-state index is 11.2. The molecule has 3 nitrogen and oxygen atoms in total. The third-order valence-corrected chi connectivity index (χ3v) is 2.89. The van der Waals surface area contributed by atoms with Crippen LogP contribution < -0.4 is 0 Å². The number of benzene rings is 1. The maximum Gasteiger partial charge on any atom is 0.310 e. The topological polar surface area (TPSA) is 57.5 Å². The minimum absolute atomic E-state index is 0.183. The molecule has 2 N–H and O–H groups in total. The highest BCUT2D eigenvalue weighted by Crippen LogP contribution is 2.23. The van der Waals surface area contributed by atoms with Crippen LogP contribution in [0.3, 0.4) is 0 Å². The Balaban J connectivity index is 2.63. The molecule has 3 heteroatoms. The second-order valence-electron chi connectivity index (χ2n) is 4.38. The van der Waals surface area contributed by atoms with Crippen LogP contribution in [-0.4, -0.2) is 22.8 Å². The Morgan fingerprint density at radius 1 is 1.29 bits per heavy atom.